The predicted molar refractivity (Wildman–Crippen MR) is 85.6 cm³/mol. The standard InChI is InChI=1S/C13H15F2N5S2/c1-13(4-5-13)20-22-7-2-3-8(16)9(6-7)17-12-19-18-11(21-12)10(14)15/h2-3,6,10,20H,4-5,16H2,1H3,(H,17,19). The van der Waals surface area contributed by atoms with Crippen LogP contribution in [0.25, 0.3) is 0 Å². The molecule has 118 valence electrons. The maximum absolute atomic E-state index is 12.5. The Kier molecular flexibility index (Phi) is 4.20. The van der Waals surface area contributed by atoms with E-state index in [2.05, 4.69) is 27.2 Å². The molecule has 0 saturated heterocycles. The molecular weight excluding hydrogens is 328 g/mol. The molecule has 1 saturated carbocycles. The minimum atomic E-state index is -2.62. The van der Waals surface area contributed by atoms with Crippen molar-refractivity contribution in [2.24, 2.45) is 0 Å². The van der Waals surface area contributed by atoms with Crippen molar-refractivity contribution in [2.75, 3.05) is 11.1 Å². The van der Waals surface area contributed by atoms with E-state index in [-0.39, 0.29) is 10.5 Å². The number of anilines is 3. The summed E-state index contributed by atoms with van der Waals surface area (Å²) in [5.74, 6) is 0. The molecule has 0 spiro atoms. The maximum Gasteiger partial charge on any atom is 0.291 e. The highest BCUT2D eigenvalue weighted by molar-refractivity contribution is 7.97. The Morgan fingerprint density at radius 2 is 2.14 bits per heavy atom. The third-order valence-electron chi connectivity index (χ3n) is 3.31. The molecule has 0 bridgehead atoms. The number of hydrogen-bond donors (Lipinski definition) is 3. The zero-order valence-electron chi connectivity index (χ0n) is 11.8. The van der Waals surface area contributed by atoms with E-state index in [0.717, 1.165) is 16.2 Å². The van der Waals surface area contributed by atoms with Gasteiger partial charge in [0.1, 0.15) is 0 Å². The van der Waals surface area contributed by atoms with Crippen molar-refractivity contribution < 1.29 is 8.78 Å². The van der Waals surface area contributed by atoms with Crippen molar-refractivity contribution in [1.29, 1.82) is 0 Å². The van der Waals surface area contributed by atoms with Gasteiger partial charge in [-0.2, -0.15) is 0 Å². The largest absolute Gasteiger partial charge is 0.397 e. The summed E-state index contributed by atoms with van der Waals surface area (Å²) in [6.07, 6.45) is -0.279. The van der Waals surface area contributed by atoms with E-state index in [0.29, 0.717) is 16.5 Å². The van der Waals surface area contributed by atoms with Gasteiger partial charge in [-0.05, 0) is 49.9 Å². The second-order valence-electron chi connectivity index (χ2n) is 5.38. The summed E-state index contributed by atoms with van der Waals surface area (Å²) < 4.78 is 28.5. The van der Waals surface area contributed by atoms with Crippen molar-refractivity contribution >= 4 is 39.8 Å². The van der Waals surface area contributed by atoms with E-state index in [1.807, 2.05) is 12.1 Å². The Labute approximate surface area is 134 Å². The zero-order valence-corrected chi connectivity index (χ0v) is 13.4. The van der Waals surface area contributed by atoms with Gasteiger partial charge in [0, 0.05) is 10.4 Å². The van der Waals surface area contributed by atoms with E-state index in [4.69, 9.17) is 5.73 Å². The van der Waals surface area contributed by atoms with Gasteiger partial charge in [-0.15, -0.1) is 10.2 Å². The average Bonchev–Trinajstić information content (AvgIpc) is 3.03. The molecule has 1 aliphatic carbocycles. The number of hydrogen-bond acceptors (Lipinski definition) is 7. The highest BCUT2D eigenvalue weighted by Crippen LogP contribution is 2.38. The molecule has 0 unspecified atom stereocenters. The van der Waals surface area contributed by atoms with E-state index < -0.39 is 6.43 Å². The molecule has 1 fully saturated rings. The molecule has 1 aliphatic rings. The minimum absolute atomic E-state index is 0.213. The number of benzene rings is 1. The summed E-state index contributed by atoms with van der Waals surface area (Å²) in [4.78, 5) is 0.989. The van der Waals surface area contributed by atoms with Crippen LogP contribution in [0.1, 0.15) is 31.2 Å². The number of alkyl halides is 2. The van der Waals surface area contributed by atoms with E-state index in [9.17, 15) is 8.78 Å². The summed E-state index contributed by atoms with van der Waals surface area (Å²) in [7, 11) is 0. The highest BCUT2D eigenvalue weighted by atomic mass is 32.2. The molecule has 0 aliphatic heterocycles. The van der Waals surface area contributed by atoms with Gasteiger partial charge in [0.2, 0.25) is 5.13 Å². The molecule has 2 aromatic rings. The second-order valence-corrected chi connectivity index (χ2v) is 7.27. The predicted octanol–water partition coefficient (Wildman–Crippen LogP) is 3.95. The zero-order chi connectivity index (χ0) is 15.7. The lowest BCUT2D eigenvalue weighted by Gasteiger charge is -2.12. The molecule has 1 heterocycles. The topological polar surface area (TPSA) is 75.9 Å². The number of nitrogens with one attached hydrogen (secondary N) is 2. The summed E-state index contributed by atoms with van der Waals surface area (Å²) in [5, 5.41) is 10.1. The Hall–Kier alpha value is -1.45. The normalized spacial score (nSPS) is 16.0. The fraction of sp³-hybridized carbons (Fsp3) is 0.385. The van der Waals surface area contributed by atoms with Gasteiger partial charge in [-0.1, -0.05) is 11.3 Å². The average molecular weight is 343 g/mol. The number of nitrogen functional groups attached to an aromatic ring is 1. The quantitative estimate of drug-likeness (QED) is 0.545. The number of nitrogens with two attached hydrogens (primary N) is 1. The van der Waals surface area contributed by atoms with Gasteiger partial charge in [0.05, 0.1) is 11.4 Å². The molecule has 4 N–H and O–H groups in total. The van der Waals surface area contributed by atoms with Crippen LogP contribution >= 0.6 is 23.3 Å². The fourth-order valence-electron chi connectivity index (χ4n) is 1.67. The van der Waals surface area contributed by atoms with Crippen molar-refractivity contribution in [3.8, 4) is 0 Å². The first-order valence-electron chi connectivity index (χ1n) is 6.67. The smallest absolute Gasteiger partial charge is 0.291 e. The fourth-order valence-corrected chi connectivity index (χ4v) is 3.16. The summed E-state index contributed by atoms with van der Waals surface area (Å²) in [6.45, 7) is 2.17. The molecule has 3 rings (SSSR count). The highest BCUT2D eigenvalue weighted by Gasteiger charge is 2.37. The number of halogens is 2. The van der Waals surface area contributed by atoms with Crippen LogP contribution in [0.2, 0.25) is 0 Å². The Bertz CT molecular complexity index is 672. The third kappa shape index (κ3) is 3.65. The van der Waals surface area contributed by atoms with Crippen LogP contribution in [-0.4, -0.2) is 15.7 Å². The van der Waals surface area contributed by atoms with Gasteiger partial charge in [0.25, 0.3) is 6.43 Å². The Morgan fingerprint density at radius 1 is 1.36 bits per heavy atom. The Balaban J connectivity index is 1.71. The first-order chi connectivity index (χ1) is 10.5. The van der Waals surface area contributed by atoms with Gasteiger partial charge in [-0.25, -0.2) is 8.78 Å². The third-order valence-corrected chi connectivity index (χ3v) is 5.24. The van der Waals surface area contributed by atoms with Crippen LogP contribution in [0.15, 0.2) is 23.1 Å². The molecule has 0 atom stereocenters. The molecule has 0 amide bonds. The van der Waals surface area contributed by atoms with E-state index in [1.54, 1.807) is 6.07 Å². The van der Waals surface area contributed by atoms with Crippen molar-refractivity contribution in [1.82, 2.24) is 14.9 Å². The van der Waals surface area contributed by atoms with Crippen molar-refractivity contribution in [3.63, 3.8) is 0 Å². The molecule has 22 heavy (non-hydrogen) atoms. The van der Waals surface area contributed by atoms with Crippen LogP contribution in [0.4, 0.5) is 25.3 Å². The summed E-state index contributed by atoms with van der Waals surface area (Å²) >= 11 is 2.35. The van der Waals surface area contributed by atoms with Crippen molar-refractivity contribution in [3.05, 3.63) is 23.2 Å². The number of rotatable bonds is 6. The molecule has 1 aromatic heterocycles. The minimum Gasteiger partial charge on any atom is -0.397 e. The summed E-state index contributed by atoms with van der Waals surface area (Å²) in [6, 6.07) is 5.55. The van der Waals surface area contributed by atoms with Crippen LogP contribution < -0.4 is 15.8 Å². The van der Waals surface area contributed by atoms with Gasteiger partial charge in [-0.3, -0.25) is 4.72 Å². The molecule has 5 nitrogen and oxygen atoms in total. The Morgan fingerprint density at radius 3 is 2.77 bits per heavy atom. The maximum atomic E-state index is 12.5. The van der Waals surface area contributed by atoms with Gasteiger partial charge < -0.3 is 11.1 Å². The molecule has 0 radical (unpaired) electrons. The number of nitrogens with zero attached hydrogens (tertiary/aromatic N) is 2. The van der Waals surface area contributed by atoms with E-state index >= 15 is 0 Å². The molecule has 1 aromatic carbocycles. The van der Waals surface area contributed by atoms with Gasteiger partial charge in [0.15, 0.2) is 5.01 Å². The molecule has 9 heteroatoms. The number of aromatic nitrogens is 2. The van der Waals surface area contributed by atoms with Crippen molar-refractivity contribution in [2.45, 2.75) is 36.6 Å². The summed E-state index contributed by atoms with van der Waals surface area (Å²) in [5.41, 5.74) is 7.28. The van der Waals surface area contributed by atoms with Crippen LogP contribution in [-0.2, 0) is 0 Å². The second kappa shape index (κ2) is 5.98. The van der Waals surface area contributed by atoms with Gasteiger partial charge >= 0.3 is 0 Å². The first-order valence-corrected chi connectivity index (χ1v) is 8.31. The van der Waals surface area contributed by atoms with E-state index in [1.165, 1.54) is 24.8 Å². The lowest BCUT2D eigenvalue weighted by Crippen LogP contribution is -2.19. The monoisotopic (exact) mass is 343 g/mol. The van der Waals surface area contributed by atoms with Crippen LogP contribution in [0.3, 0.4) is 0 Å². The first kappa shape index (κ1) is 15.4. The van der Waals surface area contributed by atoms with Crippen LogP contribution in [0.5, 0.6) is 0 Å². The SMILES string of the molecule is CC1(NSc2ccc(N)c(Nc3nnc(C(F)F)s3)c2)CC1. The molecular formula is C13H15F2N5S2. The lowest BCUT2D eigenvalue weighted by molar-refractivity contribution is 0.150. The van der Waals surface area contributed by atoms with Crippen LogP contribution in [0, 0.1) is 0 Å². The lowest BCUT2D eigenvalue weighted by atomic mass is 10.3.